The molecule has 4 nitrogen and oxygen atoms in total. The Kier molecular flexibility index (Phi) is 34.5. The van der Waals surface area contributed by atoms with E-state index in [1.807, 2.05) is 39.3 Å². The molecule has 4 N–H and O–H groups in total. The number of aliphatic hydroxyl groups is 2. The van der Waals surface area contributed by atoms with Crippen LogP contribution in [0.2, 0.25) is 39.3 Å². The van der Waals surface area contributed by atoms with Crippen LogP contribution in [0, 0.1) is 0 Å². The van der Waals surface area contributed by atoms with Crippen molar-refractivity contribution in [1.29, 1.82) is 0 Å². The Morgan fingerprint density at radius 2 is 0.533 bits per heavy atom. The molecule has 0 spiro atoms. The zero-order valence-corrected chi connectivity index (χ0v) is 14.9. The standard InChI is InChI=1S/2C3H10OSi.2CH4O.Ti/c2*1-5(2,3)4;2*1-2;/h2*4H,1-3H3;2*2H,1H3;. The Morgan fingerprint density at radius 3 is 0.533 bits per heavy atom. The van der Waals surface area contributed by atoms with E-state index in [9.17, 15) is 0 Å². The minimum Gasteiger partial charge on any atom is -0.433 e. The molecule has 0 rings (SSSR count). The summed E-state index contributed by atoms with van der Waals surface area (Å²) in [5.41, 5.74) is 0. The van der Waals surface area contributed by atoms with E-state index >= 15 is 0 Å². The van der Waals surface area contributed by atoms with Crippen molar-refractivity contribution < 1.29 is 41.5 Å². The zero-order chi connectivity index (χ0) is 13.0. The van der Waals surface area contributed by atoms with Crippen LogP contribution in [0.5, 0.6) is 0 Å². The minimum atomic E-state index is -1.61. The molecule has 96 valence electrons. The zero-order valence-electron chi connectivity index (χ0n) is 11.3. The van der Waals surface area contributed by atoms with E-state index in [-0.39, 0.29) is 21.7 Å². The average molecular weight is 292 g/mol. The molecule has 0 amide bonds. The first kappa shape index (κ1) is 29.7. The van der Waals surface area contributed by atoms with E-state index in [1.165, 1.54) is 0 Å². The van der Waals surface area contributed by atoms with Crippen LogP contribution in [0.15, 0.2) is 0 Å². The molecule has 0 aromatic carbocycles. The van der Waals surface area contributed by atoms with Gasteiger partial charge in [0.1, 0.15) is 0 Å². The second kappa shape index (κ2) is 17.4. The molecular weight excluding hydrogens is 264 g/mol. The largest absolute Gasteiger partial charge is 0.433 e. The molecule has 0 aliphatic carbocycles. The van der Waals surface area contributed by atoms with Crippen LogP contribution in [0.4, 0.5) is 0 Å². The van der Waals surface area contributed by atoms with E-state index < -0.39 is 16.6 Å². The van der Waals surface area contributed by atoms with Gasteiger partial charge in [0.2, 0.25) is 0 Å². The van der Waals surface area contributed by atoms with E-state index in [2.05, 4.69) is 0 Å². The van der Waals surface area contributed by atoms with Gasteiger partial charge in [-0.05, 0) is 39.3 Å². The Balaban J connectivity index is -0.0000000318. The van der Waals surface area contributed by atoms with E-state index in [0.29, 0.717) is 0 Å². The fraction of sp³-hybridized carbons (Fsp3) is 1.00. The first-order valence-electron chi connectivity index (χ1n) is 4.34. The van der Waals surface area contributed by atoms with E-state index in [4.69, 9.17) is 19.8 Å². The molecule has 0 aromatic heterocycles. The summed E-state index contributed by atoms with van der Waals surface area (Å²) >= 11 is 0. The van der Waals surface area contributed by atoms with Gasteiger partial charge in [-0.15, -0.1) is 0 Å². The Hall–Kier alpha value is 0.988. The van der Waals surface area contributed by atoms with Crippen molar-refractivity contribution in [3.63, 3.8) is 0 Å². The predicted molar refractivity (Wildman–Crippen MR) is 67.4 cm³/mol. The summed E-state index contributed by atoms with van der Waals surface area (Å²) in [4.78, 5) is 17.3. The van der Waals surface area contributed by atoms with E-state index in [1.54, 1.807) is 0 Å². The first-order chi connectivity index (χ1) is 6.00. The molecule has 0 aliphatic heterocycles. The number of rotatable bonds is 0. The van der Waals surface area contributed by atoms with Crippen molar-refractivity contribution in [2.45, 2.75) is 39.3 Å². The van der Waals surface area contributed by atoms with Crippen LogP contribution in [-0.2, 0) is 21.7 Å². The Bertz CT molecular complexity index is 67.6. The molecule has 0 saturated heterocycles. The molecule has 0 atom stereocenters. The summed E-state index contributed by atoms with van der Waals surface area (Å²) in [5, 5.41) is 14.0. The smallest absolute Gasteiger partial charge is 0.179 e. The van der Waals surface area contributed by atoms with Gasteiger partial charge in [0, 0.05) is 35.9 Å². The maximum absolute atomic E-state index is 8.66. The maximum Gasteiger partial charge on any atom is 0.179 e. The fourth-order valence-corrected chi connectivity index (χ4v) is 0. The average Bonchev–Trinajstić information content (AvgIpc) is 1.88. The van der Waals surface area contributed by atoms with Crippen molar-refractivity contribution in [3.8, 4) is 0 Å². The van der Waals surface area contributed by atoms with Crippen molar-refractivity contribution in [2.75, 3.05) is 14.2 Å². The number of hydrogen-bond donors (Lipinski definition) is 4. The number of hydrogen-bond acceptors (Lipinski definition) is 4. The van der Waals surface area contributed by atoms with Crippen molar-refractivity contribution in [3.05, 3.63) is 0 Å². The quantitative estimate of drug-likeness (QED) is 0.499. The second-order valence-corrected chi connectivity index (χ2v) is 13.0. The van der Waals surface area contributed by atoms with Crippen molar-refractivity contribution in [1.82, 2.24) is 0 Å². The van der Waals surface area contributed by atoms with Crippen LogP contribution in [0.25, 0.3) is 0 Å². The van der Waals surface area contributed by atoms with E-state index in [0.717, 1.165) is 14.2 Å². The summed E-state index contributed by atoms with van der Waals surface area (Å²) < 4.78 is 0. The van der Waals surface area contributed by atoms with Crippen LogP contribution in [0.3, 0.4) is 0 Å². The first-order valence-corrected chi connectivity index (χ1v) is 11.2. The Morgan fingerprint density at radius 1 is 0.533 bits per heavy atom. The third kappa shape index (κ3) is 2590. The van der Waals surface area contributed by atoms with Crippen molar-refractivity contribution in [2.24, 2.45) is 0 Å². The molecule has 7 heteroatoms. The third-order valence-electron chi connectivity index (χ3n) is 0. The molecule has 0 aromatic rings. The topological polar surface area (TPSA) is 80.9 Å². The normalized spacial score (nSPS) is 8.80. The molecule has 0 saturated carbocycles. The molecule has 0 aliphatic rings. The van der Waals surface area contributed by atoms with Gasteiger partial charge in [0.25, 0.3) is 0 Å². The van der Waals surface area contributed by atoms with Crippen molar-refractivity contribution >= 4 is 16.6 Å². The fourth-order valence-electron chi connectivity index (χ4n) is 0. The molecule has 0 fully saturated rings. The van der Waals surface area contributed by atoms with Crippen LogP contribution in [-0.4, -0.2) is 50.7 Å². The SMILES string of the molecule is CO.CO.C[Si](C)(C)O.C[Si](C)(C)O.[Ti]. The van der Waals surface area contributed by atoms with Gasteiger partial charge in [-0.25, -0.2) is 0 Å². The molecule has 0 heterocycles. The van der Waals surface area contributed by atoms with Gasteiger partial charge < -0.3 is 19.8 Å². The second-order valence-electron chi connectivity index (χ2n) is 4.34. The van der Waals surface area contributed by atoms with Gasteiger partial charge in [0.05, 0.1) is 0 Å². The number of aliphatic hydroxyl groups excluding tert-OH is 2. The summed E-state index contributed by atoms with van der Waals surface area (Å²) in [5.74, 6) is 0. The van der Waals surface area contributed by atoms with Crippen LogP contribution in [0.1, 0.15) is 0 Å². The monoisotopic (exact) mass is 292 g/mol. The van der Waals surface area contributed by atoms with Gasteiger partial charge in [-0.3, -0.25) is 0 Å². The summed E-state index contributed by atoms with van der Waals surface area (Å²) in [6.07, 6.45) is 0. The summed E-state index contributed by atoms with van der Waals surface area (Å²) in [7, 11) is -1.22. The van der Waals surface area contributed by atoms with Crippen LogP contribution >= 0.6 is 0 Å². The van der Waals surface area contributed by atoms with Gasteiger partial charge in [0.15, 0.2) is 16.6 Å². The third-order valence-corrected chi connectivity index (χ3v) is 0. The van der Waals surface area contributed by atoms with Gasteiger partial charge in [-0.2, -0.15) is 0 Å². The maximum atomic E-state index is 8.66. The summed E-state index contributed by atoms with van der Waals surface area (Å²) in [6, 6.07) is 0. The predicted octanol–water partition coefficient (Wildman–Crippen LogP) is 0.842. The van der Waals surface area contributed by atoms with Crippen LogP contribution < -0.4 is 0 Å². The van der Waals surface area contributed by atoms with Gasteiger partial charge in [-0.1, -0.05) is 0 Å². The molecule has 15 heavy (non-hydrogen) atoms. The molecular formula is C8H28O4Si2Ti. The molecule has 0 bridgehead atoms. The Labute approximate surface area is 112 Å². The molecule has 0 unspecified atom stereocenters. The summed E-state index contributed by atoms with van der Waals surface area (Å²) in [6.45, 7) is 11.3. The minimum absolute atomic E-state index is 0. The van der Waals surface area contributed by atoms with Gasteiger partial charge >= 0.3 is 0 Å². The molecule has 0 radical (unpaired) electrons.